The van der Waals surface area contributed by atoms with E-state index < -0.39 is 0 Å². The van der Waals surface area contributed by atoms with Gasteiger partial charge in [0.1, 0.15) is 0 Å². The third-order valence-corrected chi connectivity index (χ3v) is 3.26. The van der Waals surface area contributed by atoms with Crippen molar-refractivity contribution in [3.63, 3.8) is 0 Å². The number of aryl methyl sites for hydroxylation is 1. The van der Waals surface area contributed by atoms with Crippen LogP contribution in [-0.4, -0.2) is 5.88 Å². The van der Waals surface area contributed by atoms with E-state index in [0.717, 1.165) is 17.9 Å². The van der Waals surface area contributed by atoms with E-state index in [4.69, 9.17) is 34.8 Å². The summed E-state index contributed by atoms with van der Waals surface area (Å²) in [6.07, 6.45) is 2.37. The summed E-state index contributed by atoms with van der Waals surface area (Å²) in [5.41, 5.74) is 2.24. The zero-order valence-electron chi connectivity index (χ0n) is 9.41. The molecule has 1 aromatic rings. The monoisotopic (exact) mass is 266 g/mol. The minimum atomic E-state index is 0.629. The quantitative estimate of drug-likeness (QED) is 0.609. The smallest absolute Gasteiger partial charge is 0.0624 e. The summed E-state index contributed by atoms with van der Waals surface area (Å²) in [6.45, 7) is 6.10. The van der Waals surface area contributed by atoms with Crippen LogP contribution in [0.3, 0.4) is 0 Å². The fourth-order valence-corrected chi connectivity index (χ4v) is 1.57. The predicted octanol–water partition coefficient (Wildman–Crippen LogP) is 5.64. The molecule has 0 atom stereocenters. The molecular formula is C12H17Cl3. The third kappa shape index (κ3) is 5.65. The largest absolute Gasteiger partial charge is 0.127 e. The molecule has 0 heterocycles. The predicted molar refractivity (Wildman–Crippen MR) is 71.6 cm³/mol. The first-order chi connectivity index (χ1) is 7.04. The van der Waals surface area contributed by atoms with Crippen molar-refractivity contribution in [2.45, 2.75) is 33.6 Å². The van der Waals surface area contributed by atoms with E-state index in [0.29, 0.717) is 10.0 Å². The zero-order valence-corrected chi connectivity index (χ0v) is 11.7. The highest BCUT2D eigenvalue weighted by Crippen LogP contribution is 2.26. The third-order valence-electron chi connectivity index (χ3n) is 2.10. The van der Waals surface area contributed by atoms with E-state index in [9.17, 15) is 0 Å². The van der Waals surface area contributed by atoms with Crippen LogP contribution in [0.15, 0.2) is 12.1 Å². The standard InChI is InChI=1S/C8H8Cl2.C4H9Cl/c1-5-3-4-7(9)8(10)6(5)2;1-2-3-4-5/h3-4H,1-2H3;2-4H2,1H3. The molecule has 0 saturated carbocycles. The molecule has 0 radical (unpaired) electrons. The molecule has 0 N–H and O–H groups in total. The Kier molecular flexibility index (Phi) is 8.32. The Hall–Kier alpha value is 0.0900. The van der Waals surface area contributed by atoms with E-state index in [1.807, 2.05) is 26.0 Å². The lowest BCUT2D eigenvalue weighted by Crippen LogP contribution is -1.81. The van der Waals surface area contributed by atoms with Crippen molar-refractivity contribution in [1.29, 1.82) is 0 Å². The summed E-state index contributed by atoms with van der Waals surface area (Å²) >= 11 is 16.9. The summed E-state index contributed by atoms with van der Waals surface area (Å²) in [7, 11) is 0. The first kappa shape index (κ1) is 15.1. The van der Waals surface area contributed by atoms with Gasteiger partial charge in [-0.2, -0.15) is 0 Å². The molecule has 0 amide bonds. The summed E-state index contributed by atoms with van der Waals surface area (Å²) in [5, 5.41) is 1.30. The van der Waals surface area contributed by atoms with Crippen molar-refractivity contribution in [1.82, 2.24) is 0 Å². The van der Waals surface area contributed by atoms with Crippen molar-refractivity contribution in [2.75, 3.05) is 5.88 Å². The topological polar surface area (TPSA) is 0 Å². The lowest BCUT2D eigenvalue weighted by molar-refractivity contribution is 0.892. The summed E-state index contributed by atoms with van der Waals surface area (Å²) < 4.78 is 0. The lowest BCUT2D eigenvalue weighted by Gasteiger charge is -2.02. The highest BCUT2D eigenvalue weighted by Gasteiger charge is 2.01. The van der Waals surface area contributed by atoms with Gasteiger partial charge in [0.05, 0.1) is 10.0 Å². The van der Waals surface area contributed by atoms with Crippen molar-refractivity contribution in [2.24, 2.45) is 0 Å². The van der Waals surface area contributed by atoms with Crippen LogP contribution in [0.5, 0.6) is 0 Å². The van der Waals surface area contributed by atoms with Gasteiger partial charge in [-0.05, 0) is 37.5 Å². The number of hydrogen-bond acceptors (Lipinski definition) is 0. The molecule has 15 heavy (non-hydrogen) atoms. The molecule has 0 spiro atoms. The number of unbranched alkanes of at least 4 members (excludes halogenated alkanes) is 1. The van der Waals surface area contributed by atoms with Crippen LogP contribution in [-0.2, 0) is 0 Å². The van der Waals surface area contributed by atoms with Crippen molar-refractivity contribution >= 4 is 34.8 Å². The van der Waals surface area contributed by atoms with Gasteiger partial charge in [0.15, 0.2) is 0 Å². The Bertz CT molecular complexity index is 266. The van der Waals surface area contributed by atoms with E-state index in [-0.39, 0.29) is 0 Å². The highest BCUT2D eigenvalue weighted by atomic mass is 35.5. The second-order valence-electron chi connectivity index (χ2n) is 3.35. The fraction of sp³-hybridized carbons (Fsp3) is 0.500. The van der Waals surface area contributed by atoms with Crippen LogP contribution < -0.4 is 0 Å². The Balaban J connectivity index is 0.000000336. The Morgan fingerprint density at radius 3 is 2.07 bits per heavy atom. The van der Waals surface area contributed by atoms with Crippen LogP contribution in [0.25, 0.3) is 0 Å². The van der Waals surface area contributed by atoms with Crippen LogP contribution in [0, 0.1) is 13.8 Å². The van der Waals surface area contributed by atoms with Crippen LogP contribution in [0.1, 0.15) is 30.9 Å². The van der Waals surface area contributed by atoms with Crippen molar-refractivity contribution in [3.05, 3.63) is 33.3 Å². The minimum absolute atomic E-state index is 0.629. The molecule has 0 fully saturated rings. The SMILES string of the molecule is CCCCCl.Cc1ccc(Cl)c(Cl)c1C. The molecule has 3 heteroatoms. The number of benzene rings is 1. The Morgan fingerprint density at radius 2 is 1.73 bits per heavy atom. The zero-order chi connectivity index (χ0) is 11.8. The van der Waals surface area contributed by atoms with E-state index in [2.05, 4.69) is 6.92 Å². The summed E-state index contributed by atoms with van der Waals surface area (Å²) in [6, 6.07) is 3.77. The first-order valence-corrected chi connectivity index (χ1v) is 6.30. The van der Waals surface area contributed by atoms with Crippen molar-refractivity contribution < 1.29 is 0 Å². The second kappa shape index (κ2) is 8.27. The molecule has 1 rings (SSSR count). The molecule has 0 unspecified atom stereocenters. The van der Waals surface area contributed by atoms with Gasteiger partial charge in [0.25, 0.3) is 0 Å². The fourth-order valence-electron chi connectivity index (χ4n) is 0.882. The minimum Gasteiger partial charge on any atom is -0.127 e. The Morgan fingerprint density at radius 1 is 1.13 bits per heavy atom. The molecule has 0 bridgehead atoms. The molecule has 0 saturated heterocycles. The molecule has 1 aromatic carbocycles. The second-order valence-corrected chi connectivity index (χ2v) is 4.51. The molecule has 0 aliphatic rings. The van der Waals surface area contributed by atoms with Gasteiger partial charge >= 0.3 is 0 Å². The van der Waals surface area contributed by atoms with Crippen LogP contribution >= 0.6 is 34.8 Å². The highest BCUT2D eigenvalue weighted by molar-refractivity contribution is 6.42. The number of rotatable bonds is 2. The van der Waals surface area contributed by atoms with Gasteiger partial charge < -0.3 is 0 Å². The van der Waals surface area contributed by atoms with Gasteiger partial charge in [0.2, 0.25) is 0 Å². The van der Waals surface area contributed by atoms with Crippen LogP contribution in [0.4, 0.5) is 0 Å². The van der Waals surface area contributed by atoms with Gasteiger partial charge in [-0.25, -0.2) is 0 Å². The lowest BCUT2D eigenvalue weighted by atomic mass is 10.1. The van der Waals surface area contributed by atoms with Gasteiger partial charge in [-0.3, -0.25) is 0 Å². The average molecular weight is 268 g/mol. The maximum Gasteiger partial charge on any atom is 0.0624 e. The molecule has 86 valence electrons. The maximum absolute atomic E-state index is 5.85. The Labute approximate surface area is 108 Å². The van der Waals surface area contributed by atoms with E-state index in [1.165, 1.54) is 12.0 Å². The molecular weight excluding hydrogens is 250 g/mol. The number of alkyl halides is 1. The summed E-state index contributed by atoms with van der Waals surface area (Å²) in [5.74, 6) is 0.816. The first-order valence-electron chi connectivity index (χ1n) is 5.01. The molecule has 0 nitrogen and oxygen atoms in total. The number of hydrogen-bond donors (Lipinski definition) is 0. The maximum atomic E-state index is 5.85. The van der Waals surface area contributed by atoms with Crippen molar-refractivity contribution in [3.8, 4) is 0 Å². The van der Waals surface area contributed by atoms with Gasteiger partial charge in [-0.1, -0.05) is 42.6 Å². The average Bonchev–Trinajstić information content (AvgIpc) is 2.23. The number of halogens is 3. The van der Waals surface area contributed by atoms with Crippen LogP contribution in [0.2, 0.25) is 10.0 Å². The van der Waals surface area contributed by atoms with Gasteiger partial charge in [-0.15, -0.1) is 11.6 Å². The molecule has 0 aliphatic carbocycles. The van der Waals surface area contributed by atoms with Gasteiger partial charge in [0, 0.05) is 5.88 Å². The normalized spacial score (nSPS) is 9.47. The molecule has 0 aromatic heterocycles. The van der Waals surface area contributed by atoms with E-state index >= 15 is 0 Å². The molecule has 0 aliphatic heterocycles. The van der Waals surface area contributed by atoms with E-state index in [1.54, 1.807) is 0 Å². The summed E-state index contributed by atoms with van der Waals surface area (Å²) in [4.78, 5) is 0.